The van der Waals surface area contributed by atoms with Crippen LogP contribution in [-0.2, 0) is 24.7 Å². The van der Waals surface area contributed by atoms with Crippen molar-refractivity contribution in [2.24, 2.45) is 5.92 Å². The molecule has 1 amide bonds. The maximum Gasteiger partial charge on any atom is 0.252 e. The Morgan fingerprint density at radius 3 is 2.64 bits per heavy atom. The number of hydrogen-bond donors (Lipinski definition) is 1. The lowest BCUT2D eigenvalue weighted by atomic mass is 9.99. The summed E-state index contributed by atoms with van der Waals surface area (Å²) >= 11 is 1.22. The maximum absolute atomic E-state index is 12.7. The van der Waals surface area contributed by atoms with Gasteiger partial charge in [-0.15, -0.1) is 11.3 Å². The molecule has 10 heteroatoms. The lowest BCUT2D eigenvalue weighted by Crippen LogP contribution is -2.45. The minimum atomic E-state index is -3.58. The molecule has 1 saturated heterocycles. The number of nitrogens with one attached hydrogen (secondary N) is 1. The van der Waals surface area contributed by atoms with Crippen LogP contribution in [0.25, 0.3) is 0 Å². The average Bonchev–Trinajstić information content (AvgIpc) is 3.02. The van der Waals surface area contributed by atoms with Crippen LogP contribution in [0.5, 0.6) is 0 Å². The fourth-order valence-electron chi connectivity index (χ4n) is 2.67. The quantitative estimate of drug-likeness (QED) is 0.726. The Bertz CT molecular complexity index is 814. The molecule has 1 aliphatic heterocycles. The van der Waals surface area contributed by atoms with Gasteiger partial charge in [0.1, 0.15) is 4.21 Å². The molecule has 2 heterocycles. The summed E-state index contributed by atoms with van der Waals surface area (Å²) in [7, 11) is -6.71. The number of aryl methyl sites for hydroxylation is 1. The van der Waals surface area contributed by atoms with Gasteiger partial charge in [0.05, 0.1) is 11.7 Å². The predicted octanol–water partition coefficient (Wildman–Crippen LogP) is 1.01. The molecule has 0 saturated carbocycles. The van der Waals surface area contributed by atoms with Crippen molar-refractivity contribution in [2.45, 2.75) is 30.9 Å². The fourth-order valence-corrected chi connectivity index (χ4v) is 6.33. The van der Waals surface area contributed by atoms with Crippen LogP contribution in [0.1, 0.15) is 24.6 Å². The summed E-state index contributed by atoms with van der Waals surface area (Å²) in [6, 6.07) is 3.36. The minimum absolute atomic E-state index is 0.0402. The van der Waals surface area contributed by atoms with Gasteiger partial charge in [0, 0.05) is 30.3 Å². The highest BCUT2D eigenvalue weighted by molar-refractivity contribution is 7.91. The van der Waals surface area contributed by atoms with Crippen molar-refractivity contribution in [3.8, 4) is 0 Å². The van der Waals surface area contributed by atoms with Gasteiger partial charge in [-0.1, -0.05) is 6.92 Å². The van der Waals surface area contributed by atoms with Gasteiger partial charge in [0.2, 0.25) is 5.91 Å². The fraction of sp³-hybridized carbons (Fsp3) is 0.667. The van der Waals surface area contributed by atoms with Gasteiger partial charge in [-0.2, -0.15) is 4.31 Å². The topological polar surface area (TPSA) is 101 Å². The largest absolute Gasteiger partial charge is 0.355 e. The molecule has 1 aromatic rings. The van der Waals surface area contributed by atoms with E-state index in [1.54, 1.807) is 19.1 Å². The lowest BCUT2D eigenvalue weighted by Gasteiger charge is -2.30. The molecular weight excluding hydrogens is 384 g/mol. The number of sulfone groups is 1. The van der Waals surface area contributed by atoms with Crippen molar-refractivity contribution < 1.29 is 21.6 Å². The third-order valence-electron chi connectivity index (χ3n) is 4.22. The van der Waals surface area contributed by atoms with Crippen LogP contribution in [0, 0.1) is 12.8 Å². The van der Waals surface area contributed by atoms with Gasteiger partial charge < -0.3 is 5.32 Å². The zero-order chi connectivity index (χ0) is 18.7. The monoisotopic (exact) mass is 408 g/mol. The number of carbonyl (C=O) groups is 1. The Balaban J connectivity index is 1.97. The van der Waals surface area contributed by atoms with Crippen LogP contribution >= 0.6 is 11.3 Å². The number of carbonyl (C=O) groups excluding carboxylic acids is 1. The normalized spacial score (nSPS) is 19.7. The van der Waals surface area contributed by atoms with Crippen LogP contribution < -0.4 is 5.32 Å². The second kappa shape index (κ2) is 8.15. The number of amides is 1. The number of piperidine rings is 1. The molecule has 1 aliphatic rings. The average molecular weight is 409 g/mol. The number of sulfonamides is 1. The molecule has 1 aromatic heterocycles. The first-order valence-electron chi connectivity index (χ1n) is 8.20. The summed E-state index contributed by atoms with van der Waals surface area (Å²) in [4.78, 5) is 13.2. The first-order chi connectivity index (χ1) is 11.7. The van der Waals surface area contributed by atoms with Crippen LogP contribution in [0.15, 0.2) is 16.3 Å². The third kappa shape index (κ3) is 5.25. The van der Waals surface area contributed by atoms with E-state index in [1.807, 2.05) is 6.92 Å². The van der Waals surface area contributed by atoms with Crippen LogP contribution in [0.3, 0.4) is 0 Å². The van der Waals surface area contributed by atoms with Crippen LogP contribution in [0.4, 0.5) is 0 Å². The minimum Gasteiger partial charge on any atom is -0.355 e. The van der Waals surface area contributed by atoms with Crippen molar-refractivity contribution in [2.75, 3.05) is 31.1 Å². The van der Waals surface area contributed by atoms with Crippen LogP contribution in [-0.4, -0.2) is 58.2 Å². The molecule has 1 unspecified atom stereocenters. The molecule has 1 fully saturated rings. The highest BCUT2D eigenvalue weighted by atomic mass is 32.2. The smallest absolute Gasteiger partial charge is 0.252 e. The van der Waals surface area contributed by atoms with E-state index in [1.165, 1.54) is 15.6 Å². The van der Waals surface area contributed by atoms with E-state index >= 15 is 0 Å². The summed E-state index contributed by atoms with van der Waals surface area (Å²) in [5.74, 6) is -0.792. The van der Waals surface area contributed by atoms with Gasteiger partial charge in [-0.3, -0.25) is 4.79 Å². The van der Waals surface area contributed by atoms with E-state index in [2.05, 4.69) is 5.32 Å². The Labute approximate surface area is 153 Å². The molecule has 1 N–H and O–H groups in total. The van der Waals surface area contributed by atoms with E-state index in [9.17, 15) is 21.6 Å². The van der Waals surface area contributed by atoms with E-state index in [-0.39, 0.29) is 30.5 Å². The molecule has 1 atom stereocenters. The third-order valence-corrected chi connectivity index (χ3v) is 9.26. The molecule has 0 radical (unpaired) electrons. The maximum atomic E-state index is 12.7. The summed E-state index contributed by atoms with van der Waals surface area (Å²) in [5, 5.41) is 2.62. The predicted molar refractivity (Wildman–Crippen MR) is 97.9 cm³/mol. The summed E-state index contributed by atoms with van der Waals surface area (Å²) in [5.41, 5.74) is 0. The Hall–Kier alpha value is -0.970. The molecule has 0 spiro atoms. The zero-order valence-corrected chi connectivity index (χ0v) is 16.8. The molecule has 7 nitrogen and oxygen atoms in total. The van der Waals surface area contributed by atoms with Gasteiger partial charge in [-0.05, 0) is 31.9 Å². The Kier molecular flexibility index (Phi) is 6.63. The number of thiophene rings is 1. The second-order valence-electron chi connectivity index (χ2n) is 6.09. The van der Waals surface area contributed by atoms with Crippen molar-refractivity contribution >= 4 is 37.1 Å². The number of nitrogens with zero attached hydrogens (tertiary/aromatic N) is 1. The lowest BCUT2D eigenvalue weighted by molar-refractivity contribution is -0.125. The number of hydrogen-bond acceptors (Lipinski definition) is 6. The first kappa shape index (κ1) is 20.3. The van der Waals surface area contributed by atoms with E-state index in [4.69, 9.17) is 0 Å². The summed E-state index contributed by atoms with van der Waals surface area (Å²) < 4.78 is 49.9. The molecule has 0 aromatic carbocycles. The molecular formula is C15H24N2O5S3. The van der Waals surface area contributed by atoms with E-state index in [0.717, 1.165) is 4.88 Å². The van der Waals surface area contributed by atoms with Crippen molar-refractivity contribution in [1.82, 2.24) is 9.62 Å². The van der Waals surface area contributed by atoms with Gasteiger partial charge in [-0.25, -0.2) is 16.8 Å². The highest BCUT2D eigenvalue weighted by Crippen LogP contribution is 2.28. The molecule has 0 bridgehead atoms. The van der Waals surface area contributed by atoms with Crippen molar-refractivity contribution in [3.05, 3.63) is 17.0 Å². The first-order valence-corrected chi connectivity index (χ1v) is 12.3. The molecule has 2 rings (SSSR count). The van der Waals surface area contributed by atoms with Crippen molar-refractivity contribution in [1.29, 1.82) is 0 Å². The number of rotatable bonds is 7. The van der Waals surface area contributed by atoms with Crippen LogP contribution in [0.2, 0.25) is 0 Å². The zero-order valence-electron chi connectivity index (χ0n) is 14.4. The Morgan fingerprint density at radius 2 is 2.04 bits per heavy atom. The molecule has 25 heavy (non-hydrogen) atoms. The SMILES string of the molecule is CCS(=O)(=O)CCNC(=O)C1CCCN(S(=O)(=O)c2ccc(C)s2)C1. The van der Waals surface area contributed by atoms with Gasteiger partial charge in [0.15, 0.2) is 9.84 Å². The standard InChI is InChI=1S/C15H24N2O5S3/c1-3-24(19,20)10-8-16-15(18)13-5-4-9-17(11-13)25(21,22)14-7-6-12(2)23-14/h6-7,13H,3-5,8-11H2,1-2H3,(H,16,18). The molecule has 142 valence electrons. The van der Waals surface area contributed by atoms with Gasteiger partial charge >= 0.3 is 0 Å². The Morgan fingerprint density at radius 1 is 1.32 bits per heavy atom. The summed E-state index contributed by atoms with van der Waals surface area (Å²) in [6.45, 7) is 4.00. The highest BCUT2D eigenvalue weighted by Gasteiger charge is 2.33. The van der Waals surface area contributed by atoms with Crippen molar-refractivity contribution in [3.63, 3.8) is 0 Å². The summed E-state index contributed by atoms with van der Waals surface area (Å²) in [6.07, 6.45) is 1.21. The van der Waals surface area contributed by atoms with Gasteiger partial charge in [0.25, 0.3) is 10.0 Å². The van der Waals surface area contributed by atoms with E-state index < -0.39 is 25.8 Å². The molecule has 0 aliphatic carbocycles. The van der Waals surface area contributed by atoms with E-state index in [0.29, 0.717) is 23.6 Å². The second-order valence-corrected chi connectivity index (χ2v) is 12.0.